The molecule has 0 unspecified atom stereocenters. The predicted molar refractivity (Wildman–Crippen MR) is 82.3 cm³/mol. The predicted octanol–water partition coefficient (Wildman–Crippen LogP) is -0.00300. The number of aliphatic hydroxyl groups is 2. The Morgan fingerprint density at radius 1 is 1.19 bits per heavy atom. The van der Waals surface area contributed by atoms with E-state index in [0.29, 0.717) is 18.3 Å². The molecular weight excluding hydrogens is 270 g/mol. The van der Waals surface area contributed by atoms with E-state index in [4.69, 9.17) is 5.11 Å². The van der Waals surface area contributed by atoms with Crippen LogP contribution in [0.4, 0.5) is 11.6 Å². The summed E-state index contributed by atoms with van der Waals surface area (Å²) in [6, 6.07) is 1.84. The molecule has 21 heavy (non-hydrogen) atoms. The van der Waals surface area contributed by atoms with E-state index >= 15 is 0 Å². The lowest BCUT2D eigenvalue weighted by Crippen LogP contribution is -2.39. The van der Waals surface area contributed by atoms with Gasteiger partial charge < -0.3 is 25.7 Å². The molecule has 7 heteroatoms. The maximum absolute atomic E-state index is 9.23. The number of likely N-dealkylation sites (tertiary alicyclic amines) is 1. The van der Waals surface area contributed by atoms with E-state index in [1.165, 1.54) is 6.33 Å². The monoisotopic (exact) mass is 295 g/mol. The van der Waals surface area contributed by atoms with E-state index in [1.807, 2.05) is 6.07 Å². The summed E-state index contributed by atoms with van der Waals surface area (Å²) in [6.45, 7) is 4.68. The van der Waals surface area contributed by atoms with Crippen molar-refractivity contribution < 1.29 is 10.2 Å². The van der Waals surface area contributed by atoms with Gasteiger partial charge in [-0.05, 0) is 25.3 Å². The molecule has 118 valence electrons. The first-order valence-corrected chi connectivity index (χ1v) is 7.55. The van der Waals surface area contributed by atoms with Gasteiger partial charge in [-0.25, -0.2) is 9.97 Å². The average Bonchev–Trinajstić information content (AvgIpc) is 2.53. The van der Waals surface area contributed by atoms with Gasteiger partial charge in [-0.2, -0.15) is 0 Å². The van der Waals surface area contributed by atoms with Crippen LogP contribution in [0, 0.1) is 5.92 Å². The van der Waals surface area contributed by atoms with Crippen molar-refractivity contribution >= 4 is 11.6 Å². The van der Waals surface area contributed by atoms with Crippen LogP contribution in [-0.4, -0.2) is 71.0 Å². The zero-order valence-electron chi connectivity index (χ0n) is 12.3. The first-order chi connectivity index (χ1) is 10.3. The minimum absolute atomic E-state index is 0.0771. The van der Waals surface area contributed by atoms with Gasteiger partial charge in [0.05, 0.1) is 6.61 Å². The summed E-state index contributed by atoms with van der Waals surface area (Å²) >= 11 is 0. The zero-order valence-corrected chi connectivity index (χ0v) is 12.3. The van der Waals surface area contributed by atoms with Crippen LogP contribution >= 0.6 is 0 Å². The van der Waals surface area contributed by atoms with Crippen molar-refractivity contribution in [2.75, 3.05) is 56.6 Å². The molecule has 1 aromatic heterocycles. The molecule has 7 nitrogen and oxygen atoms in total. The van der Waals surface area contributed by atoms with Crippen LogP contribution < -0.4 is 10.6 Å². The van der Waals surface area contributed by atoms with Gasteiger partial charge in [-0.1, -0.05) is 0 Å². The number of nitrogens with zero attached hydrogens (tertiary/aromatic N) is 3. The van der Waals surface area contributed by atoms with Gasteiger partial charge in [0.1, 0.15) is 18.0 Å². The molecule has 2 rings (SSSR count). The normalized spacial score (nSPS) is 19.4. The molecule has 0 bridgehead atoms. The number of aliphatic hydroxyl groups excluding tert-OH is 2. The van der Waals surface area contributed by atoms with Gasteiger partial charge in [0.25, 0.3) is 0 Å². The van der Waals surface area contributed by atoms with Crippen LogP contribution in [-0.2, 0) is 0 Å². The molecule has 0 aromatic carbocycles. The molecule has 2 heterocycles. The number of nitrogens with one attached hydrogen (secondary N) is 2. The Balaban J connectivity index is 1.72. The quantitative estimate of drug-likeness (QED) is 0.536. The third kappa shape index (κ3) is 5.45. The van der Waals surface area contributed by atoms with Gasteiger partial charge >= 0.3 is 0 Å². The highest BCUT2D eigenvalue weighted by atomic mass is 16.3. The van der Waals surface area contributed by atoms with Crippen molar-refractivity contribution in [3.05, 3.63) is 12.4 Å². The summed E-state index contributed by atoms with van der Waals surface area (Å²) in [4.78, 5) is 10.6. The maximum Gasteiger partial charge on any atom is 0.131 e. The number of hydrogen-bond acceptors (Lipinski definition) is 7. The van der Waals surface area contributed by atoms with Crippen LogP contribution in [0.3, 0.4) is 0 Å². The van der Waals surface area contributed by atoms with Crippen molar-refractivity contribution in [3.63, 3.8) is 0 Å². The van der Waals surface area contributed by atoms with Gasteiger partial charge in [-0.15, -0.1) is 0 Å². The lowest BCUT2D eigenvalue weighted by Gasteiger charge is -2.31. The van der Waals surface area contributed by atoms with Crippen molar-refractivity contribution in [3.8, 4) is 0 Å². The van der Waals surface area contributed by atoms with Crippen LogP contribution in [0.5, 0.6) is 0 Å². The summed E-state index contributed by atoms with van der Waals surface area (Å²) in [5.74, 6) is 1.91. The van der Waals surface area contributed by atoms with Gasteiger partial charge in [0.15, 0.2) is 0 Å². The molecule has 4 N–H and O–H groups in total. The van der Waals surface area contributed by atoms with E-state index in [0.717, 1.165) is 44.8 Å². The summed E-state index contributed by atoms with van der Waals surface area (Å²) in [7, 11) is 0. The highest BCUT2D eigenvalue weighted by Crippen LogP contribution is 2.15. The molecule has 0 spiro atoms. The van der Waals surface area contributed by atoms with Crippen LogP contribution in [0.1, 0.15) is 12.8 Å². The summed E-state index contributed by atoms with van der Waals surface area (Å²) < 4.78 is 0. The molecule has 1 saturated heterocycles. The summed E-state index contributed by atoms with van der Waals surface area (Å²) in [5, 5.41) is 24.3. The number of aromatic nitrogens is 2. The SMILES string of the molecule is OCCNc1cc(NCCN2CCC[C@H](CO)C2)ncn1. The Bertz CT molecular complexity index is 418. The van der Waals surface area contributed by atoms with Gasteiger partial charge in [-0.3, -0.25) is 0 Å². The Kier molecular flexibility index (Phi) is 6.65. The fourth-order valence-electron chi connectivity index (χ4n) is 2.58. The molecule has 0 aliphatic carbocycles. The number of piperidine rings is 1. The standard InChI is InChI=1S/C14H25N5O2/c20-7-4-16-14-8-13(17-11-18-14)15-3-6-19-5-1-2-12(9-19)10-21/h8,11-12,20-21H,1-7,9-10H2,(H2,15,16,17,18)/t12-/m0/s1. The van der Waals surface area contributed by atoms with Crippen molar-refractivity contribution in [2.24, 2.45) is 5.92 Å². The van der Waals surface area contributed by atoms with E-state index in [9.17, 15) is 5.11 Å². The largest absolute Gasteiger partial charge is 0.396 e. The third-order valence-electron chi connectivity index (χ3n) is 3.68. The zero-order chi connectivity index (χ0) is 14.9. The molecular formula is C14H25N5O2. The van der Waals surface area contributed by atoms with Crippen LogP contribution in [0.25, 0.3) is 0 Å². The number of hydrogen-bond donors (Lipinski definition) is 4. The molecule has 1 aliphatic heterocycles. The average molecular weight is 295 g/mol. The highest BCUT2D eigenvalue weighted by molar-refractivity contribution is 5.46. The lowest BCUT2D eigenvalue weighted by molar-refractivity contribution is 0.123. The Morgan fingerprint density at radius 3 is 2.67 bits per heavy atom. The van der Waals surface area contributed by atoms with E-state index in [2.05, 4.69) is 25.5 Å². The maximum atomic E-state index is 9.23. The first kappa shape index (κ1) is 15.9. The smallest absolute Gasteiger partial charge is 0.131 e. The molecule has 1 aliphatic rings. The number of anilines is 2. The Hall–Kier alpha value is -1.44. The molecule has 0 saturated carbocycles. The molecule has 0 radical (unpaired) electrons. The minimum Gasteiger partial charge on any atom is -0.396 e. The minimum atomic E-state index is 0.0771. The third-order valence-corrected chi connectivity index (χ3v) is 3.68. The first-order valence-electron chi connectivity index (χ1n) is 7.55. The lowest BCUT2D eigenvalue weighted by atomic mass is 9.99. The van der Waals surface area contributed by atoms with E-state index < -0.39 is 0 Å². The second kappa shape index (κ2) is 8.76. The molecule has 0 amide bonds. The van der Waals surface area contributed by atoms with Gasteiger partial charge in [0.2, 0.25) is 0 Å². The van der Waals surface area contributed by atoms with E-state index in [-0.39, 0.29) is 13.2 Å². The second-order valence-electron chi connectivity index (χ2n) is 5.36. The van der Waals surface area contributed by atoms with Crippen LogP contribution in [0.2, 0.25) is 0 Å². The number of rotatable bonds is 8. The topological polar surface area (TPSA) is 93.5 Å². The summed E-state index contributed by atoms with van der Waals surface area (Å²) in [6.07, 6.45) is 3.80. The fourth-order valence-corrected chi connectivity index (χ4v) is 2.58. The molecule has 1 fully saturated rings. The highest BCUT2D eigenvalue weighted by Gasteiger charge is 2.18. The fraction of sp³-hybridized carbons (Fsp3) is 0.714. The summed E-state index contributed by atoms with van der Waals surface area (Å²) in [5.41, 5.74) is 0. The van der Waals surface area contributed by atoms with Crippen molar-refractivity contribution in [2.45, 2.75) is 12.8 Å². The Labute approximate surface area is 125 Å². The van der Waals surface area contributed by atoms with Crippen molar-refractivity contribution in [1.82, 2.24) is 14.9 Å². The van der Waals surface area contributed by atoms with Crippen molar-refractivity contribution in [1.29, 1.82) is 0 Å². The molecule has 1 atom stereocenters. The molecule has 1 aromatic rings. The van der Waals surface area contributed by atoms with E-state index in [1.54, 1.807) is 0 Å². The Morgan fingerprint density at radius 2 is 1.95 bits per heavy atom. The van der Waals surface area contributed by atoms with Gasteiger partial charge in [0, 0.05) is 38.9 Å². The second-order valence-corrected chi connectivity index (χ2v) is 5.36. The van der Waals surface area contributed by atoms with Crippen LogP contribution in [0.15, 0.2) is 12.4 Å².